The molecule has 34 heavy (non-hydrogen) atoms. The van der Waals surface area contributed by atoms with Crippen LogP contribution in [0.1, 0.15) is 23.8 Å². The average Bonchev–Trinajstić information content (AvgIpc) is 2.89. The van der Waals surface area contributed by atoms with E-state index in [1.807, 2.05) is 84.9 Å². The number of hydrogen-bond acceptors (Lipinski definition) is 6. The maximum Gasteiger partial charge on any atom is 0.227 e. The third-order valence-electron chi connectivity index (χ3n) is 5.46. The Morgan fingerprint density at radius 1 is 0.853 bits per heavy atom. The lowest BCUT2D eigenvalue weighted by atomic mass is 10.0. The van der Waals surface area contributed by atoms with Crippen LogP contribution in [0.2, 0.25) is 0 Å². The van der Waals surface area contributed by atoms with Crippen molar-refractivity contribution in [3.05, 3.63) is 119 Å². The number of rotatable bonds is 10. The van der Waals surface area contributed by atoms with E-state index in [0.717, 1.165) is 22.4 Å². The summed E-state index contributed by atoms with van der Waals surface area (Å²) in [7, 11) is 0. The normalized spacial score (nSPS) is 12.6. The van der Waals surface area contributed by atoms with Crippen LogP contribution in [0.15, 0.2) is 106 Å². The van der Waals surface area contributed by atoms with Crippen LogP contribution >= 0.6 is 0 Å². The first-order valence-corrected chi connectivity index (χ1v) is 11.1. The molecule has 4 rings (SSSR count). The van der Waals surface area contributed by atoms with Crippen LogP contribution in [0.5, 0.6) is 5.75 Å². The van der Waals surface area contributed by atoms with Crippen LogP contribution in [0.4, 0.5) is 5.69 Å². The molecule has 0 bridgehead atoms. The maximum atomic E-state index is 12.7. The largest absolute Gasteiger partial charge is 0.482 e. The molecule has 6 heteroatoms. The molecule has 1 aromatic heterocycles. The Labute approximate surface area is 198 Å². The monoisotopic (exact) mass is 457 g/mol. The first-order valence-electron chi connectivity index (χ1n) is 11.1. The van der Waals surface area contributed by atoms with E-state index in [2.05, 4.69) is 5.32 Å². The van der Waals surface area contributed by atoms with Crippen molar-refractivity contribution in [2.24, 2.45) is 0 Å². The van der Waals surface area contributed by atoms with Crippen molar-refractivity contribution < 1.29 is 19.4 Å². The minimum absolute atomic E-state index is 0.0786. The van der Waals surface area contributed by atoms with Crippen LogP contribution in [-0.2, 0) is 6.61 Å². The molecule has 0 spiro atoms. The second-order valence-corrected chi connectivity index (χ2v) is 7.96. The number of aliphatic hydroxyl groups excluding tert-OH is 2. The fourth-order valence-electron chi connectivity index (χ4n) is 3.70. The highest BCUT2D eigenvalue weighted by atomic mass is 16.5. The molecule has 0 radical (unpaired) electrons. The van der Waals surface area contributed by atoms with Crippen molar-refractivity contribution in [2.75, 3.05) is 11.9 Å². The number of nitrogens with one attached hydrogen (secondary N) is 1. The lowest BCUT2D eigenvalue weighted by Gasteiger charge is -2.23. The van der Waals surface area contributed by atoms with Gasteiger partial charge in [-0.25, -0.2) is 0 Å². The molecular formula is C28H27NO5. The number of hydrogen-bond donors (Lipinski definition) is 3. The van der Waals surface area contributed by atoms with Crippen LogP contribution in [0, 0.1) is 0 Å². The van der Waals surface area contributed by atoms with E-state index < -0.39 is 18.8 Å². The zero-order valence-electron chi connectivity index (χ0n) is 18.6. The van der Waals surface area contributed by atoms with Crippen LogP contribution in [-0.4, -0.2) is 22.9 Å². The molecule has 0 aliphatic heterocycles. The van der Waals surface area contributed by atoms with E-state index in [4.69, 9.17) is 9.15 Å². The van der Waals surface area contributed by atoms with Crippen molar-refractivity contribution in [3.63, 3.8) is 0 Å². The van der Waals surface area contributed by atoms with E-state index >= 15 is 0 Å². The van der Waals surface area contributed by atoms with Crippen molar-refractivity contribution in [3.8, 4) is 16.9 Å². The summed E-state index contributed by atoms with van der Waals surface area (Å²) in [6.07, 6.45) is 0.422. The van der Waals surface area contributed by atoms with Gasteiger partial charge in [0.05, 0.1) is 25.0 Å². The standard InChI is InChI=1S/C28H27NO5/c30-18-24(31)17-25(29-23-13-11-22(12-14-23)21-9-5-2-6-10-21)27-28(26(32)15-16-33-27)34-19-20-7-3-1-4-8-20/h1-16,24-25,29-31H,17-19H2. The molecule has 3 aromatic carbocycles. The molecule has 0 saturated carbocycles. The molecular weight excluding hydrogens is 430 g/mol. The van der Waals surface area contributed by atoms with Gasteiger partial charge in [0.1, 0.15) is 6.61 Å². The zero-order chi connectivity index (χ0) is 23.8. The Balaban J connectivity index is 1.60. The summed E-state index contributed by atoms with van der Waals surface area (Å²) in [5.41, 5.74) is 3.54. The van der Waals surface area contributed by atoms with Gasteiger partial charge in [0.2, 0.25) is 11.2 Å². The summed E-state index contributed by atoms with van der Waals surface area (Å²) in [6.45, 7) is -0.216. The van der Waals surface area contributed by atoms with Gasteiger partial charge in [-0.1, -0.05) is 72.8 Å². The van der Waals surface area contributed by atoms with E-state index in [0.29, 0.717) is 0 Å². The molecule has 1 heterocycles. The summed E-state index contributed by atoms with van der Waals surface area (Å²) >= 11 is 0. The predicted molar refractivity (Wildman–Crippen MR) is 132 cm³/mol. The van der Waals surface area contributed by atoms with Gasteiger partial charge in [-0.2, -0.15) is 0 Å². The van der Waals surface area contributed by atoms with Gasteiger partial charge in [0, 0.05) is 18.2 Å². The minimum Gasteiger partial charge on any atom is -0.482 e. The smallest absolute Gasteiger partial charge is 0.227 e. The summed E-state index contributed by atoms with van der Waals surface area (Å²) in [4.78, 5) is 12.7. The highest BCUT2D eigenvalue weighted by Crippen LogP contribution is 2.31. The van der Waals surface area contributed by atoms with E-state index in [1.54, 1.807) is 0 Å². The maximum absolute atomic E-state index is 12.7. The number of anilines is 1. The van der Waals surface area contributed by atoms with Crippen molar-refractivity contribution in [2.45, 2.75) is 25.2 Å². The molecule has 0 aliphatic rings. The van der Waals surface area contributed by atoms with Gasteiger partial charge in [0.25, 0.3) is 0 Å². The lowest BCUT2D eigenvalue weighted by molar-refractivity contribution is 0.0817. The predicted octanol–water partition coefficient (Wildman–Crippen LogP) is 4.78. The summed E-state index contributed by atoms with van der Waals surface area (Å²) in [5.74, 6) is 0.345. The first-order chi connectivity index (χ1) is 16.6. The molecule has 2 atom stereocenters. The Hall–Kier alpha value is -3.87. The second-order valence-electron chi connectivity index (χ2n) is 7.96. The van der Waals surface area contributed by atoms with Crippen molar-refractivity contribution >= 4 is 5.69 Å². The Kier molecular flexibility index (Phi) is 7.75. The minimum atomic E-state index is -1.01. The number of aliphatic hydroxyl groups is 2. The molecule has 3 N–H and O–H groups in total. The molecule has 0 saturated heterocycles. The Morgan fingerprint density at radius 3 is 2.18 bits per heavy atom. The molecule has 2 unspecified atom stereocenters. The quantitative estimate of drug-likeness (QED) is 0.317. The fraction of sp³-hybridized carbons (Fsp3) is 0.179. The van der Waals surface area contributed by atoms with Gasteiger partial charge in [-0.3, -0.25) is 4.79 Å². The van der Waals surface area contributed by atoms with Crippen LogP contribution < -0.4 is 15.5 Å². The summed E-state index contributed by atoms with van der Waals surface area (Å²) in [6, 6.07) is 28.1. The summed E-state index contributed by atoms with van der Waals surface area (Å²) in [5, 5.41) is 22.9. The number of benzene rings is 3. The highest BCUT2D eigenvalue weighted by molar-refractivity contribution is 5.66. The molecule has 4 aromatic rings. The first kappa shape index (κ1) is 23.3. The van der Waals surface area contributed by atoms with Gasteiger partial charge < -0.3 is 24.7 Å². The molecule has 174 valence electrons. The van der Waals surface area contributed by atoms with E-state index in [9.17, 15) is 15.0 Å². The molecule has 6 nitrogen and oxygen atoms in total. The third kappa shape index (κ3) is 5.92. The Bertz CT molecular complexity index is 1220. The van der Waals surface area contributed by atoms with Crippen LogP contribution in [0.3, 0.4) is 0 Å². The SMILES string of the molecule is O=c1ccoc(C(CC(O)CO)Nc2ccc(-c3ccccc3)cc2)c1OCc1ccccc1. The van der Waals surface area contributed by atoms with Gasteiger partial charge in [0.15, 0.2) is 5.76 Å². The lowest BCUT2D eigenvalue weighted by Crippen LogP contribution is -2.23. The van der Waals surface area contributed by atoms with Gasteiger partial charge in [-0.05, 0) is 28.8 Å². The summed E-state index contributed by atoms with van der Waals surface area (Å²) < 4.78 is 11.6. The Morgan fingerprint density at radius 2 is 1.50 bits per heavy atom. The highest BCUT2D eigenvalue weighted by Gasteiger charge is 2.24. The third-order valence-corrected chi connectivity index (χ3v) is 5.46. The van der Waals surface area contributed by atoms with Crippen LogP contribution in [0.25, 0.3) is 11.1 Å². The van der Waals surface area contributed by atoms with Gasteiger partial charge in [-0.15, -0.1) is 0 Å². The molecule has 0 amide bonds. The van der Waals surface area contributed by atoms with E-state index in [-0.39, 0.29) is 30.0 Å². The zero-order valence-corrected chi connectivity index (χ0v) is 18.6. The van der Waals surface area contributed by atoms with E-state index in [1.165, 1.54) is 12.3 Å². The van der Waals surface area contributed by atoms with Gasteiger partial charge >= 0.3 is 0 Å². The average molecular weight is 458 g/mol. The second kappa shape index (κ2) is 11.3. The number of ether oxygens (including phenoxy) is 1. The fourth-order valence-corrected chi connectivity index (χ4v) is 3.70. The van der Waals surface area contributed by atoms with Crippen molar-refractivity contribution in [1.29, 1.82) is 0 Å². The van der Waals surface area contributed by atoms with Crippen molar-refractivity contribution in [1.82, 2.24) is 0 Å². The topological polar surface area (TPSA) is 91.9 Å². The molecule has 0 fully saturated rings. The molecule has 0 aliphatic carbocycles.